The van der Waals surface area contributed by atoms with Gasteiger partial charge in [-0.1, -0.05) is 130 Å². The SMILES string of the molecule is Cc1ccccc1N(c1cc2c3c(c1)-n1c4ccccc4c4cccc(c41)B3c1cc([Si](C)(C)C)cc3c1N2C1(C)CCCCC31C)c1ccccc1C. The van der Waals surface area contributed by atoms with Gasteiger partial charge in [0.25, 0.3) is 6.71 Å². The lowest BCUT2D eigenvalue weighted by atomic mass is 9.33. The Balaban J connectivity index is 1.33. The molecule has 1 aromatic heterocycles. The van der Waals surface area contributed by atoms with Crippen LogP contribution in [0, 0.1) is 13.8 Å². The fourth-order valence-electron chi connectivity index (χ4n) is 11.3. The highest BCUT2D eigenvalue weighted by Gasteiger charge is 2.61. The Morgan fingerprint density at radius 1 is 0.667 bits per heavy atom. The molecule has 6 aromatic carbocycles. The van der Waals surface area contributed by atoms with Crippen LogP contribution in [0.4, 0.5) is 28.4 Å². The molecular formula is C49H48BN3Si. The van der Waals surface area contributed by atoms with Crippen LogP contribution in [0.5, 0.6) is 0 Å². The maximum atomic E-state index is 2.90. The summed E-state index contributed by atoms with van der Waals surface area (Å²) in [6, 6.07) is 44.6. The van der Waals surface area contributed by atoms with Gasteiger partial charge in [-0.2, -0.15) is 0 Å². The van der Waals surface area contributed by atoms with Crippen molar-refractivity contribution >= 4 is 86.6 Å². The van der Waals surface area contributed by atoms with Crippen LogP contribution in [-0.4, -0.2) is 24.9 Å². The number of hydrogen-bond acceptors (Lipinski definition) is 2. The van der Waals surface area contributed by atoms with Crippen molar-refractivity contribution < 1.29 is 0 Å². The van der Waals surface area contributed by atoms with Crippen LogP contribution in [-0.2, 0) is 5.41 Å². The van der Waals surface area contributed by atoms with Crippen LogP contribution in [0.3, 0.4) is 0 Å². The fourth-order valence-corrected chi connectivity index (χ4v) is 12.5. The van der Waals surface area contributed by atoms with Gasteiger partial charge in [-0.3, -0.25) is 0 Å². The third kappa shape index (κ3) is 3.98. The van der Waals surface area contributed by atoms with Crippen molar-refractivity contribution in [1.82, 2.24) is 4.57 Å². The van der Waals surface area contributed by atoms with E-state index in [0.717, 1.165) is 0 Å². The Morgan fingerprint density at radius 3 is 2.04 bits per heavy atom. The first-order valence-electron chi connectivity index (χ1n) is 20.1. The number of anilines is 5. The summed E-state index contributed by atoms with van der Waals surface area (Å²) in [5.41, 5.74) is 19.1. The monoisotopic (exact) mass is 717 g/mol. The molecule has 0 amide bonds. The standard InChI is InChI=1S/C49H48BN3Si/c1-31-17-8-11-22-40(31)51(41-23-12-9-18-32(41)2)33-27-43-45-44(28-33)53-47-37(48(3)25-14-15-26-49(48,53)4)29-34(54(5,6)7)30-39(47)50(45)38-21-16-20-36-35-19-10-13-24-42(35)52(43)46(36)38/h8-13,16-24,27-30H,14-15,25-26H2,1-7H3. The second-order valence-corrected chi connectivity index (χ2v) is 23.3. The number of aromatic nitrogens is 1. The highest BCUT2D eigenvalue weighted by molar-refractivity contribution is 7.01. The Hall–Kier alpha value is -5.00. The van der Waals surface area contributed by atoms with Crippen molar-refractivity contribution in [3.63, 3.8) is 0 Å². The first-order chi connectivity index (χ1) is 26.0. The number of rotatable bonds is 4. The smallest absolute Gasteiger partial charge is 0.252 e. The maximum absolute atomic E-state index is 2.90. The number of para-hydroxylation sites is 4. The largest absolute Gasteiger partial charge is 0.335 e. The van der Waals surface area contributed by atoms with Crippen LogP contribution in [0.2, 0.25) is 19.6 Å². The molecule has 7 aromatic rings. The molecule has 3 aliphatic heterocycles. The average molecular weight is 718 g/mol. The average Bonchev–Trinajstić information content (AvgIpc) is 3.61. The molecule has 1 aliphatic carbocycles. The normalized spacial score (nSPS) is 20.6. The quantitative estimate of drug-likeness (QED) is 0.168. The van der Waals surface area contributed by atoms with Crippen molar-refractivity contribution in [3.8, 4) is 5.69 Å². The molecule has 0 saturated heterocycles. The van der Waals surface area contributed by atoms with Crippen molar-refractivity contribution in [3.05, 3.63) is 132 Å². The van der Waals surface area contributed by atoms with Crippen LogP contribution in [0.15, 0.2) is 115 Å². The van der Waals surface area contributed by atoms with Gasteiger partial charge < -0.3 is 14.4 Å². The van der Waals surface area contributed by atoms with Gasteiger partial charge in [0.1, 0.15) is 0 Å². The van der Waals surface area contributed by atoms with E-state index in [1.807, 2.05) is 0 Å². The van der Waals surface area contributed by atoms with E-state index in [-0.39, 0.29) is 17.7 Å². The number of nitrogens with zero attached hydrogens (tertiary/aromatic N) is 3. The van der Waals surface area contributed by atoms with E-state index in [4.69, 9.17) is 0 Å². The van der Waals surface area contributed by atoms with Crippen molar-refractivity contribution in [2.75, 3.05) is 9.80 Å². The van der Waals surface area contributed by atoms with E-state index in [1.54, 1.807) is 10.8 Å². The first kappa shape index (κ1) is 32.4. The summed E-state index contributed by atoms with van der Waals surface area (Å²) in [5.74, 6) is 0. The molecule has 54 heavy (non-hydrogen) atoms. The fraction of sp³-hybridized carbons (Fsp3) is 0.265. The zero-order chi connectivity index (χ0) is 36.9. The summed E-state index contributed by atoms with van der Waals surface area (Å²) in [4.78, 5) is 5.44. The topological polar surface area (TPSA) is 11.4 Å². The number of hydrogen-bond donors (Lipinski definition) is 0. The molecule has 3 nitrogen and oxygen atoms in total. The van der Waals surface area contributed by atoms with Crippen LogP contribution >= 0.6 is 0 Å². The molecule has 0 radical (unpaired) electrons. The van der Waals surface area contributed by atoms with Crippen LogP contribution < -0.4 is 31.4 Å². The molecule has 0 bridgehead atoms. The molecule has 0 N–H and O–H groups in total. The predicted octanol–water partition coefficient (Wildman–Crippen LogP) is 10.3. The molecule has 266 valence electrons. The third-order valence-electron chi connectivity index (χ3n) is 14.3. The Morgan fingerprint density at radius 2 is 1.31 bits per heavy atom. The van der Waals surface area contributed by atoms with Gasteiger partial charge in [-0.25, -0.2) is 0 Å². The zero-order valence-electron chi connectivity index (χ0n) is 32.7. The molecule has 4 aliphatic rings. The predicted molar refractivity (Wildman–Crippen MR) is 235 cm³/mol. The van der Waals surface area contributed by atoms with E-state index in [1.165, 1.54) is 109 Å². The molecule has 4 heterocycles. The second kappa shape index (κ2) is 10.8. The van der Waals surface area contributed by atoms with Crippen molar-refractivity contribution in [1.29, 1.82) is 0 Å². The number of fused-ring (bicyclic) bond motifs is 10. The lowest BCUT2D eigenvalue weighted by Gasteiger charge is -2.52. The van der Waals surface area contributed by atoms with Gasteiger partial charge in [0, 0.05) is 50.1 Å². The minimum Gasteiger partial charge on any atom is -0.335 e. The summed E-state index contributed by atoms with van der Waals surface area (Å²) in [6.07, 6.45) is 4.98. The van der Waals surface area contributed by atoms with Gasteiger partial charge in [-0.05, 0) is 97.0 Å². The van der Waals surface area contributed by atoms with Gasteiger partial charge in [0.15, 0.2) is 0 Å². The zero-order valence-corrected chi connectivity index (χ0v) is 33.7. The Kier molecular flexibility index (Phi) is 6.50. The minimum atomic E-state index is -1.67. The van der Waals surface area contributed by atoms with Crippen molar-refractivity contribution in [2.24, 2.45) is 0 Å². The third-order valence-corrected chi connectivity index (χ3v) is 16.3. The maximum Gasteiger partial charge on any atom is 0.252 e. The van der Waals surface area contributed by atoms with Crippen LogP contribution in [0.25, 0.3) is 27.5 Å². The van der Waals surface area contributed by atoms with E-state index >= 15 is 0 Å². The molecule has 2 atom stereocenters. The molecule has 1 fully saturated rings. The summed E-state index contributed by atoms with van der Waals surface area (Å²) in [7, 11) is -1.67. The van der Waals surface area contributed by atoms with E-state index in [0.29, 0.717) is 0 Å². The molecule has 0 spiro atoms. The van der Waals surface area contributed by atoms with E-state index < -0.39 is 8.07 Å². The molecular weight excluding hydrogens is 669 g/mol. The van der Waals surface area contributed by atoms with E-state index in [9.17, 15) is 0 Å². The molecule has 5 heteroatoms. The summed E-state index contributed by atoms with van der Waals surface area (Å²) < 4.78 is 2.64. The summed E-state index contributed by atoms with van der Waals surface area (Å²) in [5, 5.41) is 4.27. The molecule has 1 saturated carbocycles. The highest BCUT2D eigenvalue weighted by Crippen LogP contribution is 2.61. The minimum absolute atomic E-state index is 0.0427. The molecule has 11 rings (SSSR count). The lowest BCUT2D eigenvalue weighted by molar-refractivity contribution is 0.195. The summed E-state index contributed by atoms with van der Waals surface area (Å²) >= 11 is 0. The highest BCUT2D eigenvalue weighted by atomic mass is 28.3. The van der Waals surface area contributed by atoms with Crippen LogP contribution in [0.1, 0.15) is 56.2 Å². The second-order valence-electron chi connectivity index (χ2n) is 18.2. The molecule has 2 unspecified atom stereocenters. The first-order valence-corrected chi connectivity index (χ1v) is 23.6. The van der Waals surface area contributed by atoms with Crippen molar-refractivity contribution in [2.45, 2.75) is 84.0 Å². The lowest BCUT2D eigenvalue weighted by Crippen LogP contribution is -2.64. The number of aryl methyl sites for hydroxylation is 2. The van der Waals surface area contributed by atoms with Gasteiger partial charge >= 0.3 is 0 Å². The Bertz CT molecular complexity index is 2710. The Labute approximate surface area is 321 Å². The summed E-state index contributed by atoms with van der Waals surface area (Å²) in [6.45, 7) is 17.5. The van der Waals surface area contributed by atoms with E-state index in [2.05, 4.69) is 177 Å². The van der Waals surface area contributed by atoms with Gasteiger partial charge in [0.05, 0.1) is 24.8 Å². The van der Waals surface area contributed by atoms with Gasteiger partial charge in [0.2, 0.25) is 0 Å². The number of benzene rings is 6. The van der Waals surface area contributed by atoms with Gasteiger partial charge in [-0.15, -0.1) is 0 Å².